The van der Waals surface area contributed by atoms with Gasteiger partial charge in [-0.25, -0.2) is 8.42 Å². The molecule has 2 heterocycles. The Labute approximate surface area is 113 Å². The van der Waals surface area contributed by atoms with Gasteiger partial charge in [-0.15, -0.1) is 11.3 Å². The summed E-state index contributed by atoms with van der Waals surface area (Å²) in [6, 6.07) is 1.83. The highest BCUT2D eigenvalue weighted by Crippen LogP contribution is 2.31. The summed E-state index contributed by atoms with van der Waals surface area (Å²) >= 11 is 1.48. The minimum atomic E-state index is -3.34. The van der Waals surface area contributed by atoms with Crippen LogP contribution in [-0.2, 0) is 16.6 Å². The molecule has 2 rings (SSSR count). The van der Waals surface area contributed by atoms with Crippen LogP contribution in [0.4, 0.5) is 0 Å². The summed E-state index contributed by atoms with van der Waals surface area (Å²) in [7, 11) is -3.34. The zero-order valence-electron chi connectivity index (χ0n) is 10.8. The van der Waals surface area contributed by atoms with Crippen LogP contribution in [0.2, 0.25) is 0 Å². The molecule has 4 nitrogen and oxygen atoms in total. The molecule has 1 unspecified atom stereocenters. The summed E-state index contributed by atoms with van der Waals surface area (Å²) in [6.45, 7) is 4.88. The van der Waals surface area contributed by atoms with E-state index in [4.69, 9.17) is 5.73 Å². The van der Waals surface area contributed by atoms with Crippen LogP contribution in [0, 0.1) is 6.92 Å². The summed E-state index contributed by atoms with van der Waals surface area (Å²) in [4.78, 5) is 2.21. The summed E-state index contributed by atoms with van der Waals surface area (Å²) in [5, 5.41) is 0. The van der Waals surface area contributed by atoms with Crippen molar-refractivity contribution in [1.82, 2.24) is 4.31 Å². The largest absolute Gasteiger partial charge is 0.326 e. The summed E-state index contributed by atoms with van der Waals surface area (Å²) in [6.07, 6.45) is 3.02. The molecule has 0 radical (unpaired) electrons. The van der Waals surface area contributed by atoms with E-state index in [0.717, 1.165) is 29.0 Å². The second kappa shape index (κ2) is 5.28. The maximum absolute atomic E-state index is 12.6. The zero-order valence-corrected chi connectivity index (χ0v) is 12.5. The molecule has 1 atom stereocenters. The lowest BCUT2D eigenvalue weighted by atomic mass is 10.1. The molecule has 1 aliphatic heterocycles. The highest BCUT2D eigenvalue weighted by molar-refractivity contribution is 7.89. The van der Waals surface area contributed by atoms with Crippen LogP contribution >= 0.6 is 11.3 Å². The Balaban J connectivity index is 2.37. The first-order valence-corrected chi connectivity index (χ1v) is 8.53. The molecule has 1 aliphatic rings. The van der Waals surface area contributed by atoms with Crippen molar-refractivity contribution in [3.8, 4) is 0 Å². The van der Waals surface area contributed by atoms with E-state index in [1.807, 2.05) is 13.8 Å². The van der Waals surface area contributed by atoms with Gasteiger partial charge in [-0.3, -0.25) is 0 Å². The van der Waals surface area contributed by atoms with Crippen molar-refractivity contribution in [3.63, 3.8) is 0 Å². The van der Waals surface area contributed by atoms with Gasteiger partial charge in [0.25, 0.3) is 0 Å². The first kappa shape index (κ1) is 14.0. The van der Waals surface area contributed by atoms with E-state index < -0.39 is 10.0 Å². The van der Waals surface area contributed by atoms with Gasteiger partial charge in [0.15, 0.2) is 0 Å². The Hall–Kier alpha value is -0.430. The molecule has 6 heteroatoms. The van der Waals surface area contributed by atoms with E-state index in [9.17, 15) is 8.42 Å². The van der Waals surface area contributed by atoms with E-state index in [2.05, 4.69) is 0 Å². The van der Waals surface area contributed by atoms with Gasteiger partial charge in [0.1, 0.15) is 0 Å². The highest BCUT2D eigenvalue weighted by atomic mass is 32.2. The lowest BCUT2D eigenvalue weighted by Crippen LogP contribution is -2.41. The quantitative estimate of drug-likeness (QED) is 0.926. The average Bonchev–Trinajstić information content (AvgIpc) is 2.71. The van der Waals surface area contributed by atoms with E-state index in [-0.39, 0.29) is 6.04 Å². The molecule has 1 saturated heterocycles. The Morgan fingerprint density at radius 2 is 2.22 bits per heavy atom. The minimum absolute atomic E-state index is 0.101. The van der Waals surface area contributed by atoms with Gasteiger partial charge in [-0.05, 0) is 32.8 Å². The lowest BCUT2D eigenvalue weighted by Gasteiger charge is -2.32. The van der Waals surface area contributed by atoms with E-state index in [1.165, 1.54) is 11.3 Å². The van der Waals surface area contributed by atoms with Crippen LogP contribution < -0.4 is 5.73 Å². The SMILES string of the molecule is Cc1sc(CN)cc1S(=O)(=O)N1CCCCC1C. The molecule has 1 fully saturated rings. The Morgan fingerprint density at radius 3 is 2.78 bits per heavy atom. The number of aryl methyl sites for hydroxylation is 1. The number of hydrogen-bond acceptors (Lipinski definition) is 4. The fourth-order valence-corrected chi connectivity index (χ4v) is 5.62. The molecule has 102 valence electrons. The fourth-order valence-electron chi connectivity index (χ4n) is 2.44. The molecule has 0 spiro atoms. The third kappa shape index (κ3) is 2.47. The number of nitrogens with zero attached hydrogens (tertiary/aromatic N) is 1. The molecule has 1 aromatic rings. The minimum Gasteiger partial charge on any atom is -0.326 e. The lowest BCUT2D eigenvalue weighted by molar-refractivity contribution is 0.268. The third-order valence-electron chi connectivity index (χ3n) is 3.45. The topological polar surface area (TPSA) is 63.4 Å². The molecule has 0 aromatic carbocycles. The third-order valence-corrected chi connectivity index (χ3v) is 6.79. The summed E-state index contributed by atoms with van der Waals surface area (Å²) in [5.41, 5.74) is 5.58. The maximum atomic E-state index is 12.6. The molecule has 0 amide bonds. The van der Waals surface area contributed by atoms with Gasteiger partial charge in [0.05, 0.1) is 4.90 Å². The van der Waals surface area contributed by atoms with Crippen molar-refractivity contribution in [2.24, 2.45) is 5.73 Å². The molecule has 2 N–H and O–H groups in total. The smallest absolute Gasteiger partial charge is 0.244 e. The fraction of sp³-hybridized carbons (Fsp3) is 0.667. The van der Waals surface area contributed by atoms with Gasteiger partial charge < -0.3 is 5.73 Å². The molecule has 0 aliphatic carbocycles. The standard InChI is InChI=1S/C12H20N2O2S2/c1-9-5-3-4-6-14(9)18(15,16)12-7-11(8-13)17-10(12)2/h7,9H,3-6,8,13H2,1-2H3. The van der Waals surface area contributed by atoms with Crippen molar-refractivity contribution in [2.45, 2.75) is 50.6 Å². The molecule has 0 bridgehead atoms. The molecule has 0 saturated carbocycles. The van der Waals surface area contributed by atoms with Gasteiger partial charge in [0.2, 0.25) is 10.0 Å². The second-order valence-corrected chi connectivity index (χ2v) is 8.00. The van der Waals surface area contributed by atoms with Crippen LogP contribution in [0.5, 0.6) is 0 Å². The van der Waals surface area contributed by atoms with Crippen molar-refractivity contribution in [3.05, 3.63) is 15.8 Å². The number of thiophene rings is 1. The van der Waals surface area contributed by atoms with E-state index in [0.29, 0.717) is 18.0 Å². The van der Waals surface area contributed by atoms with Crippen molar-refractivity contribution in [2.75, 3.05) is 6.54 Å². The highest BCUT2D eigenvalue weighted by Gasteiger charge is 2.32. The summed E-state index contributed by atoms with van der Waals surface area (Å²) < 4.78 is 26.9. The molecular weight excluding hydrogens is 268 g/mol. The molecule has 18 heavy (non-hydrogen) atoms. The first-order chi connectivity index (χ1) is 8.46. The van der Waals surface area contributed by atoms with E-state index in [1.54, 1.807) is 10.4 Å². The maximum Gasteiger partial charge on any atom is 0.244 e. The van der Waals surface area contributed by atoms with E-state index >= 15 is 0 Å². The number of piperidine rings is 1. The Morgan fingerprint density at radius 1 is 1.50 bits per heavy atom. The zero-order chi connectivity index (χ0) is 13.3. The van der Waals surface area contributed by atoms with Crippen LogP contribution in [0.3, 0.4) is 0 Å². The van der Waals surface area contributed by atoms with Crippen LogP contribution in [-0.4, -0.2) is 25.3 Å². The predicted octanol–water partition coefficient (Wildman–Crippen LogP) is 2.08. The van der Waals surface area contributed by atoms with Gasteiger partial charge >= 0.3 is 0 Å². The van der Waals surface area contributed by atoms with Crippen molar-refractivity contribution >= 4 is 21.4 Å². The van der Waals surface area contributed by atoms with Gasteiger partial charge in [-0.2, -0.15) is 4.31 Å². The van der Waals surface area contributed by atoms with Crippen molar-refractivity contribution < 1.29 is 8.42 Å². The van der Waals surface area contributed by atoms with Crippen LogP contribution in [0.1, 0.15) is 35.9 Å². The number of hydrogen-bond donors (Lipinski definition) is 1. The number of rotatable bonds is 3. The average molecular weight is 288 g/mol. The predicted molar refractivity (Wildman–Crippen MR) is 74.2 cm³/mol. The molecule has 1 aromatic heterocycles. The monoisotopic (exact) mass is 288 g/mol. The summed E-state index contributed by atoms with van der Waals surface area (Å²) in [5.74, 6) is 0. The van der Waals surface area contributed by atoms with Crippen molar-refractivity contribution in [1.29, 1.82) is 0 Å². The van der Waals surface area contributed by atoms with Crippen LogP contribution in [0.15, 0.2) is 11.0 Å². The number of sulfonamides is 1. The second-order valence-electron chi connectivity index (χ2n) is 4.80. The molecular formula is C12H20N2O2S2. The van der Waals surface area contributed by atoms with Crippen LogP contribution in [0.25, 0.3) is 0 Å². The first-order valence-electron chi connectivity index (χ1n) is 6.28. The normalized spacial score (nSPS) is 22.3. The number of nitrogens with two attached hydrogens (primary N) is 1. The van der Waals surface area contributed by atoms with Gasteiger partial charge in [-0.1, -0.05) is 6.42 Å². The Kier molecular flexibility index (Phi) is 4.11. The van der Waals surface area contributed by atoms with Gasteiger partial charge in [0, 0.05) is 28.9 Å². The Bertz CT molecular complexity index is 522.